The number of alkyl halides is 3. The lowest BCUT2D eigenvalue weighted by Gasteiger charge is -2.24. The number of ether oxygens (including phenoxy) is 2. The molecule has 10 heteroatoms. The van der Waals surface area contributed by atoms with Crippen molar-refractivity contribution in [3.63, 3.8) is 0 Å². The van der Waals surface area contributed by atoms with Crippen LogP contribution in [0.1, 0.15) is 40.9 Å². The predicted octanol–water partition coefficient (Wildman–Crippen LogP) is 7.92. The summed E-state index contributed by atoms with van der Waals surface area (Å²) in [7, 11) is 1.46. The van der Waals surface area contributed by atoms with Crippen molar-refractivity contribution >= 4 is 18.3 Å². The van der Waals surface area contributed by atoms with Crippen LogP contribution in [0, 0.1) is 12.3 Å². The fraction of sp³-hybridized carbons (Fsp3) is 0.242. The van der Waals surface area contributed by atoms with E-state index in [9.17, 15) is 27.9 Å². The van der Waals surface area contributed by atoms with E-state index in [1.807, 2.05) is 0 Å². The van der Waals surface area contributed by atoms with E-state index in [-0.39, 0.29) is 17.7 Å². The van der Waals surface area contributed by atoms with Crippen molar-refractivity contribution in [3.05, 3.63) is 101 Å². The number of nitrogens with one attached hydrogen (secondary N) is 1. The first-order valence-electron chi connectivity index (χ1n) is 13.4. The zero-order valence-electron chi connectivity index (χ0n) is 24.0. The molecule has 0 bridgehead atoms. The third kappa shape index (κ3) is 6.48. The Hall–Kier alpha value is -4.86. The number of carboxylic acids is 1. The third-order valence-corrected chi connectivity index (χ3v) is 7.40. The molecule has 224 valence electrons. The van der Waals surface area contributed by atoms with Crippen molar-refractivity contribution in [2.75, 3.05) is 7.11 Å². The minimum atomic E-state index is -4.62. The quantitative estimate of drug-likeness (QED) is 0.194. The molecule has 1 heterocycles. The molecule has 0 saturated carbocycles. The van der Waals surface area contributed by atoms with Gasteiger partial charge in [-0.1, -0.05) is 30.4 Å². The summed E-state index contributed by atoms with van der Waals surface area (Å²) in [5, 5.41) is 16.8. The highest BCUT2D eigenvalue weighted by Crippen LogP contribution is 2.40. The van der Waals surface area contributed by atoms with E-state index < -0.39 is 35.9 Å². The summed E-state index contributed by atoms with van der Waals surface area (Å²) in [4.78, 5) is 25.8. The van der Waals surface area contributed by atoms with Crippen LogP contribution in [-0.2, 0) is 17.5 Å². The first-order chi connectivity index (χ1) is 20.4. The molecule has 0 aliphatic carbocycles. The fourth-order valence-corrected chi connectivity index (χ4v) is 5.25. The third-order valence-electron chi connectivity index (χ3n) is 7.40. The summed E-state index contributed by atoms with van der Waals surface area (Å²) in [6.45, 7) is 5.13. The van der Waals surface area contributed by atoms with Crippen LogP contribution < -0.4 is 4.74 Å². The number of carbonyl (C=O) groups is 2. The Kier molecular flexibility index (Phi) is 9.08. The number of carboxylic acid groups (broad SMARTS) is 1. The van der Waals surface area contributed by atoms with Gasteiger partial charge in [0.25, 0.3) is 0 Å². The Morgan fingerprint density at radius 1 is 1.09 bits per heavy atom. The van der Waals surface area contributed by atoms with E-state index in [0.29, 0.717) is 33.6 Å². The minimum Gasteiger partial charge on any atom is -0.496 e. The Morgan fingerprint density at radius 3 is 2.42 bits per heavy atom. The highest BCUT2D eigenvalue weighted by molar-refractivity contribution is 5.89. The van der Waals surface area contributed by atoms with Gasteiger partial charge in [0.15, 0.2) is 0 Å². The molecule has 43 heavy (non-hydrogen) atoms. The van der Waals surface area contributed by atoms with Crippen molar-refractivity contribution in [2.45, 2.75) is 45.6 Å². The van der Waals surface area contributed by atoms with Crippen LogP contribution in [0.4, 0.5) is 18.0 Å². The second-order valence-electron chi connectivity index (χ2n) is 10.1. The molecule has 3 aromatic carbocycles. The number of halogens is 3. The van der Waals surface area contributed by atoms with Gasteiger partial charge in [0, 0.05) is 11.8 Å². The van der Waals surface area contributed by atoms with Crippen LogP contribution >= 0.6 is 0 Å². The number of amides is 1. The zero-order chi connectivity index (χ0) is 31.5. The lowest BCUT2D eigenvalue weighted by atomic mass is 9.91. The summed E-state index contributed by atoms with van der Waals surface area (Å²) in [5.41, 5.74) is 3.18. The van der Waals surface area contributed by atoms with Crippen LogP contribution in [0.5, 0.6) is 5.75 Å². The average Bonchev–Trinajstić information content (AvgIpc) is 3.24. The molecule has 1 saturated heterocycles. The summed E-state index contributed by atoms with van der Waals surface area (Å²) in [6, 6.07) is 12.8. The van der Waals surface area contributed by atoms with E-state index >= 15 is 0 Å². The molecule has 0 spiro atoms. The fourth-order valence-electron chi connectivity index (χ4n) is 5.25. The molecule has 0 unspecified atom stereocenters. The van der Waals surface area contributed by atoms with Crippen LogP contribution in [0.15, 0.2) is 78.4 Å². The van der Waals surface area contributed by atoms with Gasteiger partial charge in [-0.05, 0) is 96.6 Å². The zero-order valence-corrected chi connectivity index (χ0v) is 24.0. The highest BCUT2D eigenvalue weighted by atomic mass is 19.4. The van der Waals surface area contributed by atoms with E-state index in [1.165, 1.54) is 30.2 Å². The highest BCUT2D eigenvalue weighted by Gasteiger charge is 2.41. The summed E-state index contributed by atoms with van der Waals surface area (Å²) >= 11 is 0. The topological polar surface area (TPSA) is 99.9 Å². The number of benzene rings is 3. The second kappa shape index (κ2) is 12.6. The number of aromatic carboxylic acids is 1. The molecule has 0 radical (unpaired) electrons. The van der Waals surface area contributed by atoms with Gasteiger partial charge < -0.3 is 20.0 Å². The Morgan fingerprint density at radius 2 is 1.81 bits per heavy atom. The Bertz CT molecular complexity index is 1630. The van der Waals surface area contributed by atoms with Crippen molar-refractivity contribution in [3.8, 4) is 28.0 Å². The molecular weight excluding hydrogens is 561 g/mol. The van der Waals surface area contributed by atoms with Crippen molar-refractivity contribution in [1.82, 2.24) is 4.90 Å². The molecule has 1 fully saturated rings. The van der Waals surface area contributed by atoms with Crippen molar-refractivity contribution in [2.24, 2.45) is 0 Å². The van der Waals surface area contributed by atoms with Gasteiger partial charge in [-0.25, -0.2) is 9.59 Å². The molecule has 0 aromatic heterocycles. The number of hydrogen-bond acceptors (Lipinski definition) is 5. The number of methoxy groups -OCH3 is 1. The van der Waals surface area contributed by atoms with Gasteiger partial charge in [-0.15, -0.1) is 0 Å². The van der Waals surface area contributed by atoms with E-state index in [4.69, 9.17) is 14.9 Å². The standard InChI is InChI=1S/C33H31F3N2O5/c1-5-6-21(13-14-37)30-20(3)38(32(41)43-30)18-24-16-25(33(34,35)36)9-11-27(24)28-17-22(8-12-29(28)42-4)26-10-7-23(31(39)40)15-19(26)2/h5-17,20,30,37H,18H2,1-4H3,(H,39,40)/b6-5-,21-13+,37-14?/t20-,30-/m0/s1. The normalized spacial score (nSPS) is 17.3. The largest absolute Gasteiger partial charge is 0.496 e. The van der Waals surface area contributed by atoms with Gasteiger partial charge in [0.05, 0.1) is 30.8 Å². The number of cyclic esters (lactones) is 1. The molecule has 7 nitrogen and oxygen atoms in total. The molecule has 4 rings (SSSR count). The van der Waals surface area contributed by atoms with E-state index in [2.05, 4.69) is 0 Å². The molecule has 1 aliphatic rings. The van der Waals surface area contributed by atoms with Crippen LogP contribution in [-0.4, -0.2) is 47.5 Å². The van der Waals surface area contributed by atoms with Crippen molar-refractivity contribution < 1.29 is 37.3 Å². The summed E-state index contributed by atoms with van der Waals surface area (Å²) in [5.74, 6) is -0.647. The number of aryl methyl sites for hydroxylation is 1. The maximum atomic E-state index is 13.9. The van der Waals surface area contributed by atoms with E-state index in [1.54, 1.807) is 63.3 Å². The molecule has 2 N–H and O–H groups in total. The van der Waals surface area contributed by atoms with Gasteiger partial charge in [0.2, 0.25) is 0 Å². The number of nitrogens with zero attached hydrogens (tertiary/aromatic N) is 1. The lowest BCUT2D eigenvalue weighted by molar-refractivity contribution is -0.137. The summed E-state index contributed by atoms with van der Waals surface area (Å²) in [6.07, 6.45) is 0.0485. The molecular formula is C33H31F3N2O5. The first-order valence-corrected chi connectivity index (χ1v) is 13.4. The Labute approximate surface area is 247 Å². The Balaban J connectivity index is 1.83. The van der Waals surface area contributed by atoms with Crippen LogP contribution in [0.2, 0.25) is 0 Å². The maximum Gasteiger partial charge on any atom is 0.416 e. The number of rotatable bonds is 9. The summed E-state index contributed by atoms with van der Waals surface area (Å²) < 4.78 is 52.8. The van der Waals surface area contributed by atoms with Gasteiger partial charge >= 0.3 is 18.2 Å². The molecule has 1 amide bonds. The molecule has 3 aromatic rings. The molecule has 1 aliphatic heterocycles. The van der Waals surface area contributed by atoms with Gasteiger partial charge in [0.1, 0.15) is 11.9 Å². The second-order valence-corrected chi connectivity index (χ2v) is 10.1. The first kappa shape index (κ1) is 31.1. The van der Waals surface area contributed by atoms with Crippen LogP contribution in [0.3, 0.4) is 0 Å². The predicted molar refractivity (Wildman–Crippen MR) is 158 cm³/mol. The minimum absolute atomic E-state index is 0.137. The van der Waals surface area contributed by atoms with E-state index in [0.717, 1.165) is 23.9 Å². The maximum absolute atomic E-state index is 13.9. The van der Waals surface area contributed by atoms with Gasteiger partial charge in [-0.2, -0.15) is 13.2 Å². The number of carbonyl (C=O) groups excluding carboxylic acids is 1. The monoisotopic (exact) mass is 592 g/mol. The number of allylic oxidation sites excluding steroid dienone is 2. The van der Waals surface area contributed by atoms with Gasteiger partial charge in [-0.3, -0.25) is 4.90 Å². The lowest BCUT2D eigenvalue weighted by Crippen LogP contribution is -2.34. The average molecular weight is 593 g/mol. The number of hydrogen-bond donors (Lipinski definition) is 2. The van der Waals surface area contributed by atoms with Crippen molar-refractivity contribution in [1.29, 1.82) is 5.41 Å². The SMILES string of the molecule is C/C=C\C(=C/C=N)[C@H]1OC(=O)N(Cc2cc(C(F)(F)F)ccc2-c2cc(-c3ccc(C(=O)O)cc3C)ccc2OC)[C@H]1C. The van der Waals surface area contributed by atoms with Crippen LogP contribution in [0.25, 0.3) is 22.3 Å². The smallest absolute Gasteiger partial charge is 0.416 e. The molecule has 2 atom stereocenters.